The number of aromatic amines is 1. The van der Waals surface area contributed by atoms with E-state index in [0.717, 1.165) is 16.8 Å². The molecule has 0 unspecified atom stereocenters. The third kappa shape index (κ3) is 5.12. The van der Waals surface area contributed by atoms with Gasteiger partial charge in [0.25, 0.3) is 5.91 Å². The molecule has 0 bridgehead atoms. The van der Waals surface area contributed by atoms with E-state index < -0.39 is 18.4 Å². The first-order valence-electron chi connectivity index (χ1n) is 7.00. The highest BCUT2D eigenvalue weighted by Crippen LogP contribution is 2.25. The number of methoxy groups -OCH3 is 1. The zero-order chi connectivity index (χ0) is 16.7. The SMILES string of the molecule is CC(C)C.COc1cccc2[nH]c(C(=O)NCC(=O)O)cc12. The molecule has 1 aromatic heterocycles. The quantitative estimate of drug-likeness (QED) is 0.810. The van der Waals surface area contributed by atoms with Gasteiger partial charge >= 0.3 is 5.97 Å². The smallest absolute Gasteiger partial charge is 0.322 e. The van der Waals surface area contributed by atoms with Crippen LogP contribution in [0, 0.1) is 5.92 Å². The van der Waals surface area contributed by atoms with Crippen molar-refractivity contribution in [2.75, 3.05) is 13.7 Å². The molecule has 0 fully saturated rings. The number of carboxylic acid groups (broad SMARTS) is 1. The van der Waals surface area contributed by atoms with Crippen LogP contribution in [0.3, 0.4) is 0 Å². The summed E-state index contributed by atoms with van der Waals surface area (Å²) in [4.78, 5) is 24.9. The largest absolute Gasteiger partial charge is 0.496 e. The van der Waals surface area contributed by atoms with Crippen LogP contribution in [0.2, 0.25) is 0 Å². The van der Waals surface area contributed by atoms with Crippen molar-refractivity contribution in [3.63, 3.8) is 0 Å². The number of ether oxygens (including phenoxy) is 1. The van der Waals surface area contributed by atoms with Gasteiger partial charge in [-0.05, 0) is 24.1 Å². The van der Waals surface area contributed by atoms with Crippen LogP contribution in [0.1, 0.15) is 31.3 Å². The summed E-state index contributed by atoms with van der Waals surface area (Å²) in [6.45, 7) is 6.09. The van der Waals surface area contributed by atoms with Crippen molar-refractivity contribution >= 4 is 22.8 Å². The number of hydrogen-bond acceptors (Lipinski definition) is 3. The van der Waals surface area contributed by atoms with Crippen molar-refractivity contribution in [3.05, 3.63) is 30.0 Å². The molecule has 6 heteroatoms. The maximum atomic E-state index is 11.7. The Morgan fingerprint density at radius 1 is 1.32 bits per heavy atom. The lowest BCUT2D eigenvalue weighted by Crippen LogP contribution is -2.29. The van der Waals surface area contributed by atoms with Crippen molar-refractivity contribution < 1.29 is 19.4 Å². The molecular formula is C16H22N2O4. The van der Waals surface area contributed by atoms with Crippen LogP contribution in [-0.2, 0) is 4.79 Å². The van der Waals surface area contributed by atoms with Crippen molar-refractivity contribution in [1.82, 2.24) is 10.3 Å². The number of carboxylic acids is 1. The average Bonchev–Trinajstić information content (AvgIpc) is 2.87. The highest BCUT2D eigenvalue weighted by atomic mass is 16.5. The van der Waals surface area contributed by atoms with E-state index in [1.54, 1.807) is 25.3 Å². The fourth-order valence-corrected chi connectivity index (χ4v) is 1.68. The first kappa shape index (κ1) is 17.6. The molecule has 6 nitrogen and oxygen atoms in total. The Hall–Kier alpha value is -2.50. The molecule has 1 aromatic carbocycles. The molecule has 22 heavy (non-hydrogen) atoms. The Morgan fingerprint density at radius 3 is 2.50 bits per heavy atom. The molecule has 0 spiro atoms. The minimum absolute atomic E-state index is 0.302. The topological polar surface area (TPSA) is 91.4 Å². The van der Waals surface area contributed by atoms with Gasteiger partial charge in [0.1, 0.15) is 18.0 Å². The van der Waals surface area contributed by atoms with E-state index in [9.17, 15) is 9.59 Å². The molecule has 2 aromatic rings. The summed E-state index contributed by atoms with van der Waals surface area (Å²) in [5, 5.41) is 11.6. The number of aromatic nitrogens is 1. The molecular weight excluding hydrogens is 284 g/mol. The fourth-order valence-electron chi connectivity index (χ4n) is 1.68. The molecule has 1 heterocycles. The molecule has 0 saturated heterocycles. The summed E-state index contributed by atoms with van der Waals surface area (Å²) in [6.07, 6.45) is 0. The highest BCUT2D eigenvalue weighted by Gasteiger charge is 2.12. The average molecular weight is 306 g/mol. The first-order chi connectivity index (χ1) is 10.3. The maximum absolute atomic E-state index is 11.7. The van der Waals surface area contributed by atoms with Crippen molar-refractivity contribution in [2.24, 2.45) is 5.92 Å². The van der Waals surface area contributed by atoms with Gasteiger partial charge in [-0.2, -0.15) is 0 Å². The lowest BCUT2D eigenvalue weighted by molar-refractivity contribution is -0.135. The molecule has 0 atom stereocenters. The molecule has 0 aliphatic carbocycles. The zero-order valence-electron chi connectivity index (χ0n) is 13.3. The standard InChI is InChI=1S/C12H12N2O4.C4H10/c1-18-10-4-2-3-8-7(10)5-9(14-8)12(17)13-6-11(15)16;1-4(2)3/h2-5,14H,6H2,1H3,(H,13,17)(H,15,16);4H,1-3H3. The fraction of sp³-hybridized carbons (Fsp3) is 0.375. The van der Waals surface area contributed by atoms with Gasteiger partial charge in [-0.15, -0.1) is 0 Å². The number of carbonyl (C=O) groups is 2. The van der Waals surface area contributed by atoms with Gasteiger partial charge in [-0.1, -0.05) is 26.8 Å². The third-order valence-electron chi connectivity index (χ3n) is 2.49. The van der Waals surface area contributed by atoms with Crippen molar-refractivity contribution in [3.8, 4) is 5.75 Å². The van der Waals surface area contributed by atoms with Gasteiger partial charge < -0.3 is 20.1 Å². The first-order valence-corrected chi connectivity index (χ1v) is 7.00. The van der Waals surface area contributed by atoms with Gasteiger partial charge in [0.15, 0.2) is 0 Å². The number of hydrogen-bond donors (Lipinski definition) is 3. The Morgan fingerprint density at radius 2 is 1.95 bits per heavy atom. The molecule has 0 aliphatic rings. The number of fused-ring (bicyclic) bond motifs is 1. The maximum Gasteiger partial charge on any atom is 0.322 e. The van der Waals surface area contributed by atoms with Crippen LogP contribution in [-0.4, -0.2) is 35.6 Å². The van der Waals surface area contributed by atoms with Crippen LogP contribution in [0.25, 0.3) is 10.9 Å². The minimum atomic E-state index is -1.09. The number of benzene rings is 1. The number of aliphatic carboxylic acids is 1. The van der Waals surface area contributed by atoms with E-state index in [1.807, 2.05) is 6.07 Å². The second kappa shape index (κ2) is 8.07. The van der Waals surface area contributed by atoms with Gasteiger partial charge in [0.05, 0.1) is 7.11 Å². The molecule has 1 amide bonds. The van der Waals surface area contributed by atoms with Gasteiger partial charge in [0.2, 0.25) is 0 Å². The Bertz CT molecular complexity index is 644. The van der Waals surface area contributed by atoms with Crippen LogP contribution >= 0.6 is 0 Å². The molecule has 0 saturated carbocycles. The number of nitrogens with one attached hydrogen (secondary N) is 2. The molecule has 120 valence electrons. The lowest BCUT2D eigenvalue weighted by atomic mass is 10.2. The van der Waals surface area contributed by atoms with Gasteiger partial charge in [0, 0.05) is 10.9 Å². The summed E-state index contributed by atoms with van der Waals surface area (Å²) in [5.74, 6) is -0.0614. The van der Waals surface area contributed by atoms with Crippen molar-refractivity contribution in [2.45, 2.75) is 20.8 Å². The number of H-pyrrole nitrogens is 1. The Kier molecular flexibility index (Phi) is 6.44. The van der Waals surface area contributed by atoms with E-state index in [4.69, 9.17) is 9.84 Å². The molecule has 2 rings (SSSR count). The molecule has 0 radical (unpaired) electrons. The minimum Gasteiger partial charge on any atom is -0.496 e. The van der Waals surface area contributed by atoms with E-state index in [-0.39, 0.29) is 0 Å². The predicted molar refractivity (Wildman–Crippen MR) is 85.3 cm³/mol. The normalized spacial score (nSPS) is 10.0. The van der Waals surface area contributed by atoms with Crippen LogP contribution < -0.4 is 10.1 Å². The summed E-state index contributed by atoms with van der Waals surface area (Å²) in [7, 11) is 1.55. The summed E-state index contributed by atoms with van der Waals surface area (Å²) in [5.41, 5.74) is 1.06. The van der Waals surface area contributed by atoms with E-state index in [0.29, 0.717) is 11.4 Å². The second-order valence-corrected chi connectivity index (χ2v) is 5.41. The Labute approximate surface area is 129 Å². The summed E-state index contributed by atoms with van der Waals surface area (Å²) >= 11 is 0. The lowest BCUT2D eigenvalue weighted by Gasteiger charge is -1.99. The predicted octanol–water partition coefficient (Wildman–Crippen LogP) is 2.65. The van der Waals surface area contributed by atoms with E-state index in [2.05, 4.69) is 31.1 Å². The summed E-state index contributed by atoms with van der Waals surface area (Å²) < 4.78 is 5.17. The second-order valence-electron chi connectivity index (χ2n) is 5.41. The van der Waals surface area contributed by atoms with Crippen LogP contribution in [0.5, 0.6) is 5.75 Å². The van der Waals surface area contributed by atoms with Gasteiger partial charge in [-0.25, -0.2) is 0 Å². The van der Waals surface area contributed by atoms with Crippen LogP contribution in [0.15, 0.2) is 24.3 Å². The molecule has 0 aliphatic heterocycles. The molecule has 3 N–H and O–H groups in total. The monoisotopic (exact) mass is 306 g/mol. The van der Waals surface area contributed by atoms with Crippen LogP contribution in [0.4, 0.5) is 0 Å². The summed E-state index contributed by atoms with van der Waals surface area (Å²) in [6, 6.07) is 7.03. The highest BCUT2D eigenvalue weighted by molar-refractivity contribution is 6.00. The number of carbonyl (C=O) groups excluding carboxylic acids is 1. The van der Waals surface area contributed by atoms with E-state index >= 15 is 0 Å². The number of amides is 1. The third-order valence-corrected chi connectivity index (χ3v) is 2.49. The van der Waals surface area contributed by atoms with E-state index in [1.165, 1.54) is 0 Å². The number of rotatable bonds is 4. The van der Waals surface area contributed by atoms with Crippen molar-refractivity contribution in [1.29, 1.82) is 0 Å². The Balaban J connectivity index is 0.000000541. The zero-order valence-corrected chi connectivity index (χ0v) is 13.3. The van der Waals surface area contributed by atoms with Gasteiger partial charge in [-0.3, -0.25) is 9.59 Å².